The van der Waals surface area contributed by atoms with Gasteiger partial charge in [-0.2, -0.15) is 15.0 Å². The summed E-state index contributed by atoms with van der Waals surface area (Å²) in [6.07, 6.45) is 3.40. The van der Waals surface area contributed by atoms with Crippen LogP contribution in [-0.4, -0.2) is 52.1 Å². The Hall–Kier alpha value is -2.41. The lowest BCUT2D eigenvalue weighted by Crippen LogP contribution is -2.50. The van der Waals surface area contributed by atoms with Gasteiger partial charge in [-0.1, -0.05) is 6.92 Å². The normalized spacial score (nSPS) is 20.5. The van der Waals surface area contributed by atoms with Crippen LogP contribution < -0.4 is 16.0 Å². The molecular formula is C18H25N7. The Morgan fingerprint density at radius 1 is 1.12 bits per heavy atom. The number of nitrogen functional groups attached to an aromatic ring is 1. The van der Waals surface area contributed by atoms with Gasteiger partial charge in [0.2, 0.25) is 11.9 Å². The molecule has 4 rings (SSSR count). The number of hydrogen-bond acceptors (Lipinski definition) is 7. The van der Waals surface area contributed by atoms with Crippen LogP contribution in [0.3, 0.4) is 0 Å². The number of nitrogens with one attached hydrogen (secondary N) is 1. The molecule has 2 fully saturated rings. The molecule has 2 aromatic rings. The van der Waals surface area contributed by atoms with Crippen LogP contribution in [-0.2, 0) is 6.42 Å². The van der Waals surface area contributed by atoms with Gasteiger partial charge in [-0.25, -0.2) is 0 Å². The van der Waals surface area contributed by atoms with Gasteiger partial charge in [0, 0.05) is 43.5 Å². The summed E-state index contributed by atoms with van der Waals surface area (Å²) in [5.41, 5.74) is 7.97. The van der Waals surface area contributed by atoms with Gasteiger partial charge >= 0.3 is 0 Å². The van der Waals surface area contributed by atoms with E-state index in [4.69, 9.17) is 5.73 Å². The lowest BCUT2D eigenvalue weighted by molar-refractivity contribution is 0.231. The molecule has 2 aliphatic heterocycles. The van der Waals surface area contributed by atoms with E-state index in [1.54, 1.807) is 0 Å². The average molecular weight is 339 g/mol. The third-order valence-electron chi connectivity index (χ3n) is 5.09. The second kappa shape index (κ2) is 6.84. The Labute approximate surface area is 148 Å². The highest BCUT2D eigenvalue weighted by Gasteiger charge is 2.30. The predicted octanol–water partition coefficient (Wildman–Crippen LogP) is 2.04. The fourth-order valence-corrected chi connectivity index (χ4v) is 3.76. The molecule has 1 aromatic carbocycles. The van der Waals surface area contributed by atoms with E-state index in [9.17, 15) is 0 Å². The molecule has 3 heterocycles. The Balaban J connectivity index is 1.44. The van der Waals surface area contributed by atoms with E-state index < -0.39 is 0 Å². The van der Waals surface area contributed by atoms with E-state index >= 15 is 0 Å². The largest absolute Gasteiger partial charge is 0.369 e. The minimum absolute atomic E-state index is 0.250. The Kier molecular flexibility index (Phi) is 4.40. The van der Waals surface area contributed by atoms with Crippen molar-refractivity contribution in [3.05, 3.63) is 30.1 Å². The van der Waals surface area contributed by atoms with Crippen molar-refractivity contribution in [1.29, 1.82) is 0 Å². The Morgan fingerprint density at radius 3 is 2.76 bits per heavy atom. The molecule has 3 N–H and O–H groups in total. The first kappa shape index (κ1) is 16.1. The molecule has 0 aliphatic carbocycles. The number of rotatable bonds is 4. The van der Waals surface area contributed by atoms with Crippen LogP contribution in [0.1, 0.15) is 25.6 Å². The van der Waals surface area contributed by atoms with Crippen molar-refractivity contribution in [2.75, 3.05) is 42.1 Å². The summed E-state index contributed by atoms with van der Waals surface area (Å²) in [4.78, 5) is 17.7. The molecule has 25 heavy (non-hydrogen) atoms. The van der Waals surface area contributed by atoms with Crippen LogP contribution in [0.2, 0.25) is 0 Å². The van der Waals surface area contributed by atoms with Crippen LogP contribution in [0.5, 0.6) is 0 Å². The van der Waals surface area contributed by atoms with Crippen molar-refractivity contribution in [3.63, 3.8) is 0 Å². The highest BCUT2D eigenvalue weighted by atomic mass is 15.3. The summed E-state index contributed by atoms with van der Waals surface area (Å²) in [7, 11) is 0. The molecule has 0 radical (unpaired) electrons. The predicted molar refractivity (Wildman–Crippen MR) is 100 cm³/mol. The highest BCUT2D eigenvalue weighted by Crippen LogP contribution is 2.26. The number of aromatic nitrogens is 3. The molecule has 2 saturated heterocycles. The van der Waals surface area contributed by atoms with Gasteiger partial charge in [-0.15, -0.1) is 0 Å². The van der Waals surface area contributed by atoms with Crippen molar-refractivity contribution in [2.24, 2.45) is 0 Å². The lowest BCUT2D eigenvalue weighted by Gasteiger charge is -2.38. The van der Waals surface area contributed by atoms with Crippen LogP contribution in [0.25, 0.3) is 0 Å². The van der Waals surface area contributed by atoms with Gasteiger partial charge < -0.3 is 16.0 Å². The van der Waals surface area contributed by atoms with E-state index in [1.165, 1.54) is 31.6 Å². The fourth-order valence-electron chi connectivity index (χ4n) is 3.76. The van der Waals surface area contributed by atoms with Gasteiger partial charge in [0.05, 0.1) is 0 Å². The van der Waals surface area contributed by atoms with Crippen molar-refractivity contribution >= 4 is 23.3 Å². The van der Waals surface area contributed by atoms with E-state index in [-0.39, 0.29) is 5.95 Å². The maximum atomic E-state index is 5.74. The van der Waals surface area contributed by atoms with Crippen molar-refractivity contribution in [1.82, 2.24) is 19.9 Å². The zero-order valence-corrected chi connectivity index (χ0v) is 14.6. The number of anilines is 4. The van der Waals surface area contributed by atoms with Gasteiger partial charge in [0.1, 0.15) is 5.82 Å². The second-order valence-corrected chi connectivity index (χ2v) is 6.74. The fraction of sp³-hybridized carbons (Fsp3) is 0.500. The zero-order valence-electron chi connectivity index (χ0n) is 14.6. The second-order valence-electron chi connectivity index (χ2n) is 6.74. The van der Waals surface area contributed by atoms with Crippen molar-refractivity contribution in [2.45, 2.75) is 32.2 Å². The number of fused-ring (bicyclic) bond motifs is 1. The molecule has 1 atom stereocenters. The molecule has 0 bridgehead atoms. The number of piperazine rings is 1. The number of nitrogens with two attached hydrogens (primary N) is 1. The molecule has 0 spiro atoms. The molecule has 0 saturated carbocycles. The maximum absolute atomic E-state index is 5.74. The third kappa shape index (κ3) is 3.51. The molecule has 132 valence electrons. The average Bonchev–Trinajstić information content (AvgIpc) is 3.09. The summed E-state index contributed by atoms with van der Waals surface area (Å²) in [6, 6.07) is 9.20. The molecule has 7 nitrogen and oxygen atoms in total. The topological polar surface area (TPSA) is 83.2 Å². The zero-order chi connectivity index (χ0) is 17.2. The SMILES string of the molecule is CCc1nc(N)nc(Nc2ccc(N3CCN4CCCC4C3)cc2)n1. The van der Waals surface area contributed by atoms with Crippen LogP contribution in [0.15, 0.2) is 24.3 Å². The standard InChI is InChI=1S/C18H25N7/c1-2-16-21-17(19)23-18(22-16)20-13-5-7-14(8-6-13)25-11-10-24-9-3-4-15(24)12-25/h5-8,15H,2-4,9-12H2,1H3,(H3,19,20,21,22,23). The highest BCUT2D eigenvalue weighted by molar-refractivity contribution is 5.59. The maximum Gasteiger partial charge on any atom is 0.232 e. The molecular weight excluding hydrogens is 314 g/mol. The molecule has 1 aromatic heterocycles. The van der Waals surface area contributed by atoms with Crippen molar-refractivity contribution < 1.29 is 0 Å². The Bertz CT molecular complexity index is 731. The van der Waals surface area contributed by atoms with Gasteiger partial charge in [-0.05, 0) is 43.7 Å². The summed E-state index contributed by atoms with van der Waals surface area (Å²) >= 11 is 0. The van der Waals surface area contributed by atoms with E-state index in [2.05, 4.69) is 54.3 Å². The summed E-state index contributed by atoms with van der Waals surface area (Å²) in [6.45, 7) is 6.69. The summed E-state index contributed by atoms with van der Waals surface area (Å²) in [5.74, 6) is 1.44. The summed E-state index contributed by atoms with van der Waals surface area (Å²) < 4.78 is 0. The van der Waals surface area contributed by atoms with Crippen LogP contribution in [0, 0.1) is 0 Å². The Morgan fingerprint density at radius 2 is 1.96 bits per heavy atom. The minimum atomic E-state index is 0.250. The van der Waals surface area contributed by atoms with E-state index in [0.29, 0.717) is 11.8 Å². The first-order chi connectivity index (χ1) is 12.2. The number of nitrogens with zero attached hydrogens (tertiary/aromatic N) is 5. The quantitative estimate of drug-likeness (QED) is 0.882. The monoisotopic (exact) mass is 339 g/mol. The number of hydrogen-bond donors (Lipinski definition) is 2. The van der Waals surface area contributed by atoms with E-state index in [0.717, 1.165) is 31.2 Å². The number of benzene rings is 1. The van der Waals surface area contributed by atoms with Gasteiger partial charge in [0.25, 0.3) is 0 Å². The molecule has 7 heteroatoms. The van der Waals surface area contributed by atoms with Crippen LogP contribution >= 0.6 is 0 Å². The van der Waals surface area contributed by atoms with Gasteiger partial charge in [-0.3, -0.25) is 4.90 Å². The van der Waals surface area contributed by atoms with Gasteiger partial charge in [0.15, 0.2) is 0 Å². The minimum Gasteiger partial charge on any atom is -0.369 e. The lowest BCUT2D eigenvalue weighted by atomic mass is 10.1. The first-order valence-corrected chi connectivity index (χ1v) is 9.08. The van der Waals surface area contributed by atoms with Crippen molar-refractivity contribution in [3.8, 4) is 0 Å². The third-order valence-corrected chi connectivity index (χ3v) is 5.09. The first-order valence-electron chi connectivity index (χ1n) is 9.08. The van der Waals surface area contributed by atoms with E-state index in [1.807, 2.05) is 6.92 Å². The molecule has 1 unspecified atom stereocenters. The molecule has 2 aliphatic rings. The summed E-state index contributed by atoms with van der Waals surface area (Å²) in [5, 5.41) is 3.22. The smallest absolute Gasteiger partial charge is 0.232 e. The molecule has 0 amide bonds. The number of aryl methyl sites for hydroxylation is 1. The van der Waals surface area contributed by atoms with Crippen LogP contribution in [0.4, 0.5) is 23.3 Å².